The highest BCUT2D eigenvalue weighted by atomic mass is 16.3. The molecular formula is C13H23N3O2. The predicted molar refractivity (Wildman–Crippen MR) is 69.1 cm³/mol. The second-order valence-corrected chi connectivity index (χ2v) is 5.05. The van der Waals surface area contributed by atoms with Gasteiger partial charge in [0.2, 0.25) is 0 Å². The van der Waals surface area contributed by atoms with Crippen molar-refractivity contribution in [2.24, 2.45) is 0 Å². The van der Waals surface area contributed by atoms with Gasteiger partial charge in [-0.3, -0.25) is 4.68 Å². The molecule has 0 amide bonds. The molecule has 1 aromatic rings. The fourth-order valence-corrected chi connectivity index (χ4v) is 2.45. The lowest BCUT2D eigenvalue weighted by molar-refractivity contribution is 0.0941. The van der Waals surface area contributed by atoms with Crippen LogP contribution >= 0.6 is 0 Å². The fourth-order valence-electron chi connectivity index (χ4n) is 2.45. The minimum atomic E-state index is -0.689. The fraction of sp³-hybridized carbons (Fsp3) is 0.769. The van der Waals surface area contributed by atoms with Crippen LogP contribution in [0.2, 0.25) is 0 Å². The number of aromatic nitrogens is 2. The van der Waals surface area contributed by atoms with Gasteiger partial charge in [-0.15, -0.1) is 0 Å². The van der Waals surface area contributed by atoms with Crippen molar-refractivity contribution in [2.75, 3.05) is 13.2 Å². The van der Waals surface area contributed by atoms with Gasteiger partial charge in [0.05, 0.1) is 24.4 Å². The molecule has 3 N–H and O–H groups in total. The summed E-state index contributed by atoms with van der Waals surface area (Å²) >= 11 is 0. The van der Waals surface area contributed by atoms with E-state index < -0.39 is 6.10 Å². The normalized spacial score (nSPS) is 19.0. The molecule has 102 valence electrons. The Hall–Kier alpha value is -0.910. The number of nitrogens with one attached hydrogen (secondary N) is 1. The SMILES string of the molecule is OCC(O)CNCc1ccn(C2CCCCC2)n1. The van der Waals surface area contributed by atoms with Crippen molar-refractivity contribution in [3.8, 4) is 0 Å². The Labute approximate surface area is 108 Å². The summed E-state index contributed by atoms with van der Waals surface area (Å²) in [4.78, 5) is 0. The minimum Gasteiger partial charge on any atom is -0.394 e. The van der Waals surface area contributed by atoms with Crippen molar-refractivity contribution in [2.45, 2.75) is 50.8 Å². The van der Waals surface area contributed by atoms with Gasteiger partial charge >= 0.3 is 0 Å². The van der Waals surface area contributed by atoms with Crippen molar-refractivity contribution < 1.29 is 10.2 Å². The monoisotopic (exact) mass is 253 g/mol. The topological polar surface area (TPSA) is 70.3 Å². The molecule has 1 aromatic heterocycles. The van der Waals surface area contributed by atoms with E-state index in [-0.39, 0.29) is 6.61 Å². The van der Waals surface area contributed by atoms with Crippen molar-refractivity contribution in [1.29, 1.82) is 0 Å². The minimum absolute atomic E-state index is 0.205. The lowest BCUT2D eigenvalue weighted by Crippen LogP contribution is -2.29. The Balaban J connectivity index is 1.78. The lowest BCUT2D eigenvalue weighted by Gasteiger charge is -2.21. The van der Waals surface area contributed by atoms with E-state index in [9.17, 15) is 5.11 Å². The largest absolute Gasteiger partial charge is 0.394 e. The molecule has 1 fully saturated rings. The van der Waals surface area contributed by atoms with Gasteiger partial charge in [0.15, 0.2) is 0 Å². The van der Waals surface area contributed by atoms with Crippen LogP contribution in [0.4, 0.5) is 0 Å². The zero-order chi connectivity index (χ0) is 12.8. The standard InChI is InChI=1S/C13H23N3O2/c17-10-13(18)9-14-8-11-6-7-16(15-11)12-4-2-1-3-5-12/h6-7,12-14,17-18H,1-5,8-10H2. The van der Waals surface area contributed by atoms with E-state index in [1.807, 2.05) is 6.07 Å². The maximum Gasteiger partial charge on any atom is 0.0895 e. The molecule has 0 aromatic carbocycles. The number of aliphatic hydroxyl groups excluding tert-OH is 2. The molecule has 0 spiro atoms. The Bertz CT molecular complexity index is 348. The highest BCUT2D eigenvalue weighted by Gasteiger charge is 2.15. The number of hydrogen-bond donors (Lipinski definition) is 3. The molecule has 5 nitrogen and oxygen atoms in total. The number of aliphatic hydroxyl groups is 2. The Morgan fingerprint density at radius 1 is 1.39 bits per heavy atom. The molecule has 1 aliphatic carbocycles. The second kappa shape index (κ2) is 6.87. The van der Waals surface area contributed by atoms with E-state index in [2.05, 4.69) is 21.3 Å². The number of hydrogen-bond acceptors (Lipinski definition) is 4. The lowest BCUT2D eigenvalue weighted by atomic mass is 9.96. The van der Waals surface area contributed by atoms with E-state index in [1.165, 1.54) is 32.1 Å². The molecule has 1 atom stereocenters. The van der Waals surface area contributed by atoms with Crippen molar-refractivity contribution >= 4 is 0 Å². The van der Waals surface area contributed by atoms with Crippen LogP contribution in [-0.4, -0.2) is 39.2 Å². The summed E-state index contributed by atoms with van der Waals surface area (Å²) in [5.41, 5.74) is 0.991. The van der Waals surface area contributed by atoms with Crippen LogP contribution in [0, 0.1) is 0 Å². The summed E-state index contributed by atoms with van der Waals surface area (Å²) in [6.07, 6.45) is 7.79. The third-order valence-corrected chi connectivity index (χ3v) is 3.51. The first-order chi connectivity index (χ1) is 8.79. The first-order valence-corrected chi connectivity index (χ1v) is 6.83. The number of nitrogens with zero attached hydrogens (tertiary/aromatic N) is 2. The van der Waals surface area contributed by atoms with E-state index in [0.29, 0.717) is 19.1 Å². The Kier molecular flexibility index (Phi) is 5.16. The van der Waals surface area contributed by atoms with Crippen molar-refractivity contribution in [3.63, 3.8) is 0 Å². The van der Waals surface area contributed by atoms with Crippen LogP contribution in [0.25, 0.3) is 0 Å². The molecule has 0 saturated heterocycles. The van der Waals surface area contributed by atoms with E-state index in [0.717, 1.165) is 5.69 Å². The highest BCUT2D eigenvalue weighted by Crippen LogP contribution is 2.27. The molecule has 1 unspecified atom stereocenters. The van der Waals surface area contributed by atoms with Crippen LogP contribution in [0.3, 0.4) is 0 Å². The summed E-state index contributed by atoms with van der Waals surface area (Å²) in [5, 5.41) is 25.6. The molecular weight excluding hydrogens is 230 g/mol. The van der Waals surface area contributed by atoms with Crippen LogP contribution in [0.1, 0.15) is 43.8 Å². The van der Waals surface area contributed by atoms with Crippen molar-refractivity contribution in [1.82, 2.24) is 15.1 Å². The van der Waals surface area contributed by atoms with E-state index in [4.69, 9.17) is 5.11 Å². The molecule has 18 heavy (non-hydrogen) atoms. The maximum atomic E-state index is 9.21. The van der Waals surface area contributed by atoms with Gasteiger partial charge in [0, 0.05) is 19.3 Å². The van der Waals surface area contributed by atoms with Gasteiger partial charge in [-0.05, 0) is 18.9 Å². The quantitative estimate of drug-likeness (QED) is 0.702. The van der Waals surface area contributed by atoms with Gasteiger partial charge in [-0.2, -0.15) is 5.10 Å². The summed E-state index contributed by atoms with van der Waals surface area (Å²) < 4.78 is 2.08. The number of rotatable bonds is 6. The van der Waals surface area contributed by atoms with Crippen LogP contribution in [-0.2, 0) is 6.54 Å². The average molecular weight is 253 g/mol. The highest BCUT2D eigenvalue weighted by molar-refractivity contribution is 4.99. The molecule has 1 aliphatic rings. The maximum absolute atomic E-state index is 9.21. The van der Waals surface area contributed by atoms with Crippen LogP contribution in [0.5, 0.6) is 0 Å². The van der Waals surface area contributed by atoms with E-state index in [1.54, 1.807) is 0 Å². The van der Waals surface area contributed by atoms with Crippen LogP contribution in [0.15, 0.2) is 12.3 Å². The third kappa shape index (κ3) is 3.80. The predicted octanol–water partition coefficient (Wildman–Crippen LogP) is 0.831. The van der Waals surface area contributed by atoms with Gasteiger partial charge in [-0.25, -0.2) is 0 Å². The summed E-state index contributed by atoms with van der Waals surface area (Å²) in [6, 6.07) is 2.59. The zero-order valence-corrected chi connectivity index (χ0v) is 10.8. The molecule has 0 radical (unpaired) electrons. The van der Waals surface area contributed by atoms with E-state index >= 15 is 0 Å². The molecule has 1 heterocycles. The smallest absolute Gasteiger partial charge is 0.0895 e. The molecule has 0 aliphatic heterocycles. The Morgan fingerprint density at radius 2 is 2.17 bits per heavy atom. The zero-order valence-electron chi connectivity index (χ0n) is 10.8. The molecule has 5 heteroatoms. The van der Waals surface area contributed by atoms with Gasteiger partial charge in [0.1, 0.15) is 0 Å². The molecule has 0 bridgehead atoms. The second-order valence-electron chi connectivity index (χ2n) is 5.05. The van der Waals surface area contributed by atoms with Crippen molar-refractivity contribution in [3.05, 3.63) is 18.0 Å². The summed E-state index contributed by atoms with van der Waals surface area (Å²) in [5.74, 6) is 0. The van der Waals surface area contributed by atoms with Gasteiger partial charge in [-0.1, -0.05) is 19.3 Å². The Morgan fingerprint density at radius 3 is 2.89 bits per heavy atom. The third-order valence-electron chi connectivity index (χ3n) is 3.51. The first kappa shape index (κ1) is 13.5. The summed E-state index contributed by atoms with van der Waals surface area (Å²) in [7, 11) is 0. The average Bonchev–Trinajstić information content (AvgIpc) is 2.88. The van der Waals surface area contributed by atoms with Gasteiger partial charge < -0.3 is 15.5 Å². The van der Waals surface area contributed by atoms with Gasteiger partial charge in [0.25, 0.3) is 0 Å². The van der Waals surface area contributed by atoms with Crippen LogP contribution < -0.4 is 5.32 Å². The molecule has 1 saturated carbocycles. The summed E-state index contributed by atoms with van der Waals surface area (Å²) in [6.45, 7) is 0.826. The molecule has 2 rings (SSSR count). The first-order valence-electron chi connectivity index (χ1n) is 6.83.